The molecule has 0 spiro atoms. The Kier molecular flexibility index (Phi) is 8.43. The van der Waals surface area contributed by atoms with Gasteiger partial charge >= 0.3 is 0 Å². The van der Waals surface area contributed by atoms with Gasteiger partial charge in [-0.2, -0.15) is 0 Å². The van der Waals surface area contributed by atoms with Gasteiger partial charge in [0, 0.05) is 61.7 Å². The topological polar surface area (TPSA) is 122 Å². The summed E-state index contributed by atoms with van der Waals surface area (Å²) in [7, 11) is 3.93. The van der Waals surface area contributed by atoms with Crippen LogP contribution in [0.3, 0.4) is 0 Å². The molecule has 1 saturated heterocycles. The first kappa shape index (κ1) is 30.1. The van der Waals surface area contributed by atoms with Gasteiger partial charge in [0.1, 0.15) is 10.6 Å². The molecule has 3 heterocycles. The lowest BCUT2D eigenvalue weighted by atomic mass is 10.1. The van der Waals surface area contributed by atoms with Gasteiger partial charge in [-0.1, -0.05) is 24.8 Å². The fourth-order valence-electron chi connectivity index (χ4n) is 5.61. The van der Waals surface area contributed by atoms with Crippen molar-refractivity contribution in [2.24, 2.45) is 7.05 Å². The van der Waals surface area contributed by atoms with Gasteiger partial charge in [-0.15, -0.1) is 0 Å². The van der Waals surface area contributed by atoms with Gasteiger partial charge < -0.3 is 29.7 Å². The Morgan fingerprint density at radius 3 is 2.67 bits per heavy atom. The number of carbonyl (C=O) groups is 1. The van der Waals surface area contributed by atoms with Crippen molar-refractivity contribution >= 4 is 49.7 Å². The lowest BCUT2D eigenvalue weighted by Gasteiger charge is -2.29. The van der Waals surface area contributed by atoms with E-state index in [4.69, 9.17) is 9.72 Å². The molecule has 1 unspecified atom stereocenters. The zero-order valence-electron chi connectivity index (χ0n) is 25.1. The van der Waals surface area contributed by atoms with Gasteiger partial charge in [-0.05, 0) is 44.6 Å². The van der Waals surface area contributed by atoms with Crippen LogP contribution in [0.2, 0.25) is 0 Å². The van der Waals surface area contributed by atoms with Crippen molar-refractivity contribution in [3.63, 3.8) is 0 Å². The summed E-state index contributed by atoms with van der Waals surface area (Å²) in [5.74, 6) is 0.319. The number of sulfone groups is 1. The summed E-state index contributed by atoms with van der Waals surface area (Å²) >= 11 is 0. The summed E-state index contributed by atoms with van der Waals surface area (Å²) in [5, 5.41) is 6.97. The van der Waals surface area contributed by atoms with Crippen LogP contribution in [0.4, 0.5) is 23.0 Å². The van der Waals surface area contributed by atoms with E-state index in [1.165, 1.54) is 12.3 Å². The number of methoxy groups -OCH3 is 1. The van der Waals surface area contributed by atoms with Crippen LogP contribution >= 0.6 is 0 Å². The average Bonchev–Trinajstić information content (AvgIpc) is 3.54. The highest BCUT2D eigenvalue weighted by Gasteiger charge is 2.25. The minimum atomic E-state index is -3.65. The summed E-state index contributed by atoms with van der Waals surface area (Å²) in [6, 6.07) is 11.7. The third-order valence-electron chi connectivity index (χ3n) is 7.88. The molecule has 2 aromatic carbocycles. The van der Waals surface area contributed by atoms with Gasteiger partial charge in [0.15, 0.2) is 9.84 Å². The Balaban J connectivity index is 1.58. The molecule has 2 aromatic heterocycles. The molecule has 11 nitrogen and oxygen atoms in total. The predicted octanol–water partition coefficient (Wildman–Crippen LogP) is 4.45. The Morgan fingerprint density at radius 2 is 2.00 bits per heavy atom. The van der Waals surface area contributed by atoms with Crippen LogP contribution in [0.5, 0.6) is 5.75 Å². The molecule has 1 atom stereocenters. The number of likely N-dealkylation sites (tertiary alicyclic amines) is 1. The molecule has 5 rings (SSSR count). The average molecular weight is 604 g/mol. The highest BCUT2D eigenvalue weighted by atomic mass is 32.2. The molecule has 2 N–H and O–H groups in total. The zero-order valence-corrected chi connectivity index (χ0v) is 25.9. The van der Waals surface area contributed by atoms with E-state index in [1.54, 1.807) is 13.2 Å². The molecule has 1 aliphatic heterocycles. The molecule has 0 aliphatic carbocycles. The number of aryl methyl sites for hydroxylation is 1. The second-order valence-electron chi connectivity index (χ2n) is 10.9. The van der Waals surface area contributed by atoms with Crippen molar-refractivity contribution in [2.75, 3.05) is 56.1 Å². The fraction of sp³-hybridized carbons (Fsp3) is 0.323. The number of carbonyl (C=O) groups excluding carboxylic acids is 1. The molecule has 1 fully saturated rings. The molecule has 4 aromatic rings. The molecule has 0 bridgehead atoms. The maximum atomic E-state index is 12.8. The van der Waals surface area contributed by atoms with Crippen molar-refractivity contribution in [3.05, 3.63) is 61.4 Å². The lowest BCUT2D eigenvalue weighted by molar-refractivity contribution is -0.111. The number of hydrogen-bond acceptors (Lipinski definition) is 9. The van der Waals surface area contributed by atoms with Crippen LogP contribution in [-0.2, 0) is 21.7 Å². The van der Waals surface area contributed by atoms with E-state index in [0.717, 1.165) is 48.8 Å². The van der Waals surface area contributed by atoms with Gasteiger partial charge in [0.25, 0.3) is 0 Å². The number of ether oxygens (including phenoxy) is 1. The lowest BCUT2D eigenvalue weighted by Crippen LogP contribution is -2.37. The van der Waals surface area contributed by atoms with Crippen molar-refractivity contribution < 1.29 is 17.9 Å². The highest BCUT2D eigenvalue weighted by molar-refractivity contribution is 7.90. The number of nitrogens with one attached hydrogen (secondary N) is 2. The molecule has 0 saturated carbocycles. The maximum Gasteiger partial charge on any atom is 0.247 e. The number of hydrogen-bond donors (Lipinski definition) is 2. The fourth-order valence-corrected chi connectivity index (χ4v) is 6.36. The molecule has 12 heteroatoms. The van der Waals surface area contributed by atoms with Gasteiger partial charge in [0.05, 0.1) is 36.1 Å². The second kappa shape index (κ2) is 12.1. The van der Waals surface area contributed by atoms with Crippen LogP contribution in [0.15, 0.2) is 66.3 Å². The number of rotatable bonds is 10. The Morgan fingerprint density at radius 1 is 1.23 bits per heavy atom. The number of aromatic nitrogens is 3. The van der Waals surface area contributed by atoms with Gasteiger partial charge in [-0.25, -0.2) is 18.4 Å². The first-order valence-corrected chi connectivity index (χ1v) is 15.8. The molecule has 43 heavy (non-hydrogen) atoms. The van der Waals surface area contributed by atoms with Crippen molar-refractivity contribution in [1.82, 2.24) is 19.4 Å². The zero-order chi connectivity index (χ0) is 30.9. The number of fused-ring (bicyclic) bond motifs is 1. The smallest absolute Gasteiger partial charge is 0.247 e. The standard InChI is InChI=1S/C31H37N7O4S/c1-7-29(39)33-23-15-24(27(42-5)16-26(23)37(3)18-20-11-10-14-36(20)2)34-31-32-17-28(43(6,40)41)30(35-31)22-19-38(4)25-13-9-8-12-21(22)25/h7-9,12-13,15-17,19-20H,1,10-11,14,18H2,2-6H3,(H,33,39)(H,32,34,35). The van der Waals surface area contributed by atoms with Crippen molar-refractivity contribution in [1.29, 1.82) is 0 Å². The molecule has 1 aliphatic rings. The summed E-state index contributed by atoms with van der Waals surface area (Å²) in [5.41, 5.74) is 3.73. The van der Waals surface area contributed by atoms with Crippen molar-refractivity contribution in [3.8, 4) is 17.0 Å². The number of anilines is 4. The summed E-state index contributed by atoms with van der Waals surface area (Å²) in [6.45, 7) is 5.43. The molecule has 1 amide bonds. The van der Waals surface area contributed by atoms with Crippen LogP contribution in [0.1, 0.15) is 12.8 Å². The van der Waals surface area contributed by atoms with Crippen LogP contribution < -0.4 is 20.3 Å². The molecular weight excluding hydrogens is 566 g/mol. The molecule has 0 radical (unpaired) electrons. The van der Waals surface area contributed by atoms with E-state index in [9.17, 15) is 13.2 Å². The van der Waals surface area contributed by atoms with Crippen LogP contribution in [0, 0.1) is 0 Å². The van der Waals surface area contributed by atoms with Crippen LogP contribution in [-0.4, -0.2) is 80.4 Å². The Bertz CT molecular complexity index is 1800. The first-order chi connectivity index (χ1) is 20.5. The number of para-hydroxylation sites is 1. The van der Waals surface area contributed by atoms with E-state index >= 15 is 0 Å². The monoisotopic (exact) mass is 603 g/mol. The normalized spacial score (nSPS) is 15.4. The SMILES string of the molecule is C=CC(=O)Nc1cc(Nc2ncc(S(C)(=O)=O)c(-c3cn(C)c4ccccc34)n2)c(OC)cc1N(C)CC1CCCN1C. The van der Waals surface area contributed by atoms with E-state index in [0.29, 0.717) is 28.7 Å². The Labute approximate surface area is 252 Å². The van der Waals surface area contributed by atoms with Crippen LogP contribution in [0.25, 0.3) is 22.2 Å². The second-order valence-corrected chi connectivity index (χ2v) is 12.9. The first-order valence-electron chi connectivity index (χ1n) is 14.0. The number of amides is 1. The molecular formula is C31H37N7O4S. The third kappa shape index (κ3) is 6.20. The summed E-state index contributed by atoms with van der Waals surface area (Å²) in [4.78, 5) is 25.9. The number of benzene rings is 2. The minimum absolute atomic E-state index is 0.0224. The van der Waals surface area contributed by atoms with E-state index in [-0.39, 0.29) is 22.4 Å². The number of nitrogens with zero attached hydrogens (tertiary/aromatic N) is 5. The van der Waals surface area contributed by atoms with Gasteiger partial charge in [-0.3, -0.25) is 4.79 Å². The number of likely N-dealkylation sites (N-methyl/N-ethyl adjacent to an activating group) is 2. The molecule has 226 valence electrons. The van der Waals surface area contributed by atoms with Crippen molar-refractivity contribution in [2.45, 2.75) is 23.8 Å². The van der Waals surface area contributed by atoms with Gasteiger partial charge in [0.2, 0.25) is 11.9 Å². The van der Waals surface area contributed by atoms with E-state index < -0.39 is 9.84 Å². The summed E-state index contributed by atoms with van der Waals surface area (Å²) < 4.78 is 33.2. The third-order valence-corrected chi connectivity index (χ3v) is 8.98. The largest absolute Gasteiger partial charge is 0.494 e. The Hall–Kier alpha value is -4.42. The summed E-state index contributed by atoms with van der Waals surface area (Å²) in [6.07, 6.45) is 7.79. The van der Waals surface area contributed by atoms with E-state index in [2.05, 4.69) is 39.0 Å². The highest BCUT2D eigenvalue weighted by Crippen LogP contribution is 2.39. The quantitative estimate of drug-likeness (QED) is 0.253. The minimum Gasteiger partial charge on any atom is -0.494 e. The maximum absolute atomic E-state index is 12.8. The van der Waals surface area contributed by atoms with E-state index in [1.807, 2.05) is 55.2 Å². The predicted molar refractivity (Wildman–Crippen MR) is 171 cm³/mol.